The second-order valence-electron chi connectivity index (χ2n) is 10.3. The van der Waals surface area contributed by atoms with Gasteiger partial charge >= 0.3 is 5.97 Å². The van der Waals surface area contributed by atoms with E-state index in [2.05, 4.69) is 6.92 Å². The zero-order valence-electron chi connectivity index (χ0n) is 18.1. The number of carbonyl (C=O) groups is 1. The molecule has 1 saturated heterocycles. The fourth-order valence-corrected chi connectivity index (χ4v) is 6.89. The Morgan fingerprint density at radius 2 is 1.84 bits per heavy atom. The molecule has 5 rings (SSSR count). The van der Waals surface area contributed by atoms with Gasteiger partial charge in [-0.15, -0.1) is 0 Å². The molecule has 1 aromatic rings. The van der Waals surface area contributed by atoms with Crippen molar-refractivity contribution in [3.05, 3.63) is 29.3 Å². The van der Waals surface area contributed by atoms with Gasteiger partial charge in [-0.3, -0.25) is 0 Å². The van der Waals surface area contributed by atoms with Crippen LogP contribution in [0.2, 0.25) is 0 Å². The Morgan fingerprint density at radius 1 is 1.06 bits per heavy atom. The van der Waals surface area contributed by atoms with Crippen molar-refractivity contribution in [3.63, 3.8) is 0 Å². The number of carboxylic acid groups (broad SMARTS) is 1. The van der Waals surface area contributed by atoms with Crippen LogP contribution in [0.25, 0.3) is 0 Å². The third kappa shape index (κ3) is 3.35. The summed E-state index contributed by atoms with van der Waals surface area (Å²) in [5.74, 6) is 0.570. The number of hydrogen-bond acceptors (Lipinski definition) is 7. The number of carboxylic acids is 1. The van der Waals surface area contributed by atoms with Crippen molar-refractivity contribution in [3.8, 4) is 5.75 Å². The highest BCUT2D eigenvalue weighted by atomic mass is 16.7. The first kappa shape index (κ1) is 22.1. The monoisotopic (exact) mass is 448 g/mol. The molecule has 176 valence electrons. The van der Waals surface area contributed by atoms with Gasteiger partial charge in [-0.05, 0) is 85.0 Å². The Morgan fingerprint density at radius 3 is 2.59 bits per heavy atom. The highest BCUT2D eigenvalue weighted by molar-refractivity contribution is 5.73. The molecule has 1 heterocycles. The Hall–Kier alpha value is -1.71. The maximum Gasteiger partial charge on any atom is 0.335 e. The molecule has 0 bridgehead atoms. The highest BCUT2D eigenvalue weighted by Gasteiger charge is 2.54. The van der Waals surface area contributed by atoms with Gasteiger partial charge < -0.3 is 35.0 Å². The number of aliphatic carboxylic acids is 1. The van der Waals surface area contributed by atoms with E-state index in [0.29, 0.717) is 23.5 Å². The van der Waals surface area contributed by atoms with Crippen molar-refractivity contribution in [1.29, 1.82) is 0 Å². The molecule has 32 heavy (non-hydrogen) atoms. The van der Waals surface area contributed by atoms with Gasteiger partial charge in [-0.2, -0.15) is 0 Å². The van der Waals surface area contributed by atoms with Crippen LogP contribution in [0.3, 0.4) is 0 Å². The summed E-state index contributed by atoms with van der Waals surface area (Å²) in [7, 11) is 0. The first-order chi connectivity index (χ1) is 15.2. The van der Waals surface area contributed by atoms with Crippen LogP contribution in [0.15, 0.2) is 18.2 Å². The van der Waals surface area contributed by atoms with Crippen LogP contribution in [-0.4, -0.2) is 68.3 Å². The van der Waals surface area contributed by atoms with E-state index in [4.69, 9.17) is 9.47 Å². The van der Waals surface area contributed by atoms with Gasteiger partial charge in [-0.1, -0.05) is 13.0 Å². The number of aliphatic hydroxyl groups is 4. The molecular formula is C24H32O8. The Bertz CT molecular complexity index is 889. The summed E-state index contributed by atoms with van der Waals surface area (Å²) in [6.45, 7) is 2.25. The summed E-state index contributed by atoms with van der Waals surface area (Å²) >= 11 is 0. The molecule has 0 spiro atoms. The minimum Gasteiger partial charge on any atom is -0.479 e. The lowest BCUT2D eigenvalue weighted by Crippen LogP contribution is -2.61. The maximum atomic E-state index is 11.3. The van der Waals surface area contributed by atoms with Gasteiger partial charge in [0.25, 0.3) is 0 Å². The predicted octanol–water partition coefficient (Wildman–Crippen LogP) is 1.17. The van der Waals surface area contributed by atoms with Crippen LogP contribution in [0.4, 0.5) is 0 Å². The van der Waals surface area contributed by atoms with E-state index in [9.17, 15) is 30.3 Å². The highest BCUT2D eigenvalue weighted by Crippen LogP contribution is 2.60. The second-order valence-corrected chi connectivity index (χ2v) is 10.3. The molecule has 3 unspecified atom stereocenters. The third-order valence-corrected chi connectivity index (χ3v) is 8.71. The van der Waals surface area contributed by atoms with Gasteiger partial charge in [0, 0.05) is 0 Å². The Balaban J connectivity index is 1.34. The fraction of sp³-hybridized carbons (Fsp3) is 0.708. The summed E-state index contributed by atoms with van der Waals surface area (Å²) < 4.78 is 11.0. The van der Waals surface area contributed by atoms with Crippen LogP contribution in [0.1, 0.15) is 56.1 Å². The van der Waals surface area contributed by atoms with Gasteiger partial charge in [0.05, 0.1) is 6.10 Å². The molecule has 0 radical (unpaired) electrons. The van der Waals surface area contributed by atoms with Gasteiger partial charge in [-0.25, -0.2) is 4.79 Å². The lowest BCUT2D eigenvalue weighted by molar-refractivity contribution is -0.271. The Labute approximate surface area is 186 Å². The SMILES string of the molecule is C[C@]12CC[C@H]3c4ccc(O[C@@H]5OC(C(=O)O)[C@H](O)C(O)C5O)cc4CC[C@H]3[C@H]1CC[C@@H]2O. The van der Waals surface area contributed by atoms with Gasteiger partial charge in [0.15, 0.2) is 6.10 Å². The first-order valence-electron chi connectivity index (χ1n) is 11.6. The van der Waals surface area contributed by atoms with Crippen LogP contribution < -0.4 is 4.74 Å². The lowest BCUT2D eigenvalue weighted by Gasteiger charge is -2.50. The minimum absolute atomic E-state index is 0.0300. The van der Waals surface area contributed by atoms with Gasteiger partial charge in [0.1, 0.15) is 24.1 Å². The average Bonchev–Trinajstić information content (AvgIpc) is 3.08. The van der Waals surface area contributed by atoms with Crippen molar-refractivity contribution in [1.82, 2.24) is 0 Å². The quantitative estimate of drug-likeness (QED) is 0.465. The van der Waals surface area contributed by atoms with E-state index in [1.165, 1.54) is 11.1 Å². The molecule has 4 aliphatic rings. The van der Waals surface area contributed by atoms with E-state index >= 15 is 0 Å². The van der Waals surface area contributed by atoms with Crippen molar-refractivity contribution in [2.24, 2.45) is 17.3 Å². The van der Waals surface area contributed by atoms with E-state index in [1.807, 2.05) is 12.1 Å². The lowest BCUT2D eigenvalue weighted by atomic mass is 9.55. The fourth-order valence-electron chi connectivity index (χ4n) is 6.89. The smallest absolute Gasteiger partial charge is 0.335 e. The molecule has 8 nitrogen and oxygen atoms in total. The average molecular weight is 449 g/mol. The van der Waals surface area contributed by atoms with E-state index in [1.54, 1.807) is 6.07 Å². The first-order valence-corrected chi connectivity index (χ1v) is 11.6. The molecule has 1 aliphatic heterocycles. The number of hydrogen-bond donors (Lipinski definition) is 5. The topological polar surface area (TPSA) is 137 Å². The van der Waals surface area contributed by atoms with Crippen LogP contribution in [0, 0.1) is 17.3 Å². The summed E-state index contributed by atoms with van der Waals surface area (Å²) in [5.41, 5.74) is 2.51. The van der Waals surface area contributed by atoms with E-state index in [-0.39, 0.29) is 11.5 Å². The van der Waals surface area contributed by atoms with Crippen LogP contribution in [-0.2, 0) is 16.0 Å². The molecule has 1 aromatic carbocycles. The number of aliphatic hydroxyl groups excluding tert-OH is 4. The van der Waals surface area contributed by atoms with Crippen LogP contribution >= 0.6 is 0 Å². The predicted molar refractivity (Wildman–Crippen MR) is 112 cm³/mol. The normalized spacial score (nSPS) is 45.5. The molecule has 3 fully saturated rings. The van der Waals surface area contributed by atoms with Gasteiger partial charge in [0.2, 0.25) is 6.29 Å². The van der Waals surface area contributed by atoms with Crippen molar-refractivity contribution < 1.29 is 39.8 Å². The molecule has 5 N–H and O–H groups in total. The zero-order chi connectivity index (χ0) is 22.8. The molecule has 0 aromatic heterocycles. The van der Waals surface area contributed by atoms with Crippen molar-refractivity contribution in [2.45, 2.75) is 88.2 Å². The molecule has 8 heteroatoms. The molecule has 2 saturated carbocycles. The second kappa shape index (κ2) is 7.95. The van der Waals surface area contributed by atoms with E-state index in [0.717, 1.165) is 38.5 Å². The van der Waals surface area contributed by atoms with Crippen molar-refractivity contribution >= 4 is 5.97 Å². The number of benzene rings is 1. The van der Waals surface area contributed by atoms with Crippen molar-refractivity contribution in [2.75, 3.05) is 0 Å². The van der Waals surface area contributed by atoms with Crippen LogP contribution in [0.5, 0.6) is 5.75 Å². The molecule has 0 amide bonds. The zero-order valence-corrected chi connectivity index (χ0v) is 18.1. The number of ether oxygens (including phenoxy) is 2. The summed E-state index contributed by atoms with van der Waals surface area (Å²) in [6.07, 6.45) is -2.28. The largest absolute Gasteiger partial charge is 0.479 e. The molecule has 10 atom stereocenters. The number of aryl methyl sites for hydroxylation is 1. The minimum atomic E-state index is -1.74. The number of fused-ring (bicyclic) bond motifs is 5. The Kier molecular flexibility index (Phi) is 5.49. The molecule has 3 aliphatic carbocycles. The third-order valence-electron chi connectivity index (χ3n) is 8.71. The summed E-state index contributed by atoms with van der Waals surface area (Å²) in [4.78, 5) is 11.3. The standard InChI is InChI=1S/C24H32O8/c1-24-9-8-14-13-5-3-12(10-11(13)2-4-15(14)16(24)6-7-17(24)25)31-23-20(28)18(26)19(27)21(32-23)22(29)30/h3,5,10,14-21,23,25-28H,2,4,6-9H2,1H3,(H,29,30)/t14-,15+,16+,17-,18?,19+,20?,21?,23+,24-/m0/s1. The van der Waals surface area contributed by atoms with E-state index < -0.39 is 36.7 Å². The summed E-state index contributed by atoms with van der Waals surface area (Å²) in [6, 6.07) is 5.75. The molecular weight excluding hydrogens is 416 g/mol. The maximum absolute atomic E-state index is 11.3. The summed E-state index contributed by atoms with van der Waals surface area (Å²) in [5, 5.41) is 49.8. The number of rotatable bonds is 3.